The van der Waals surface area contributed by atoms with Crippen LogP contribution in [0, 0.1) is 29.6 Å². The molecule has 2 unspecified atom stereocenters. The van der Waals surface area contributed by atoms with Crippen LogP contribution in [-0.4, -0.2) is 23.0 Å². The van der Waals surface area contributed by atoms with Crippen molar-refractivity contribution in [3.63, 3.8) is 0 Å². The van der Waals surface area contributed by atoms with E-state index in [2.05, 4.69) is 25.7 Å². The molecule has 2 atom stereocenters. The Hall–Kier alpha value is -0.0400. The lowest BCUT2D eigenvalue weighted by Crippen LogP contribution is -2.52. The van der Waals surface area contributed by atoms with E-state index in [1.165, 1.54) is 103 Å². The van der Waals surface area contributed by atoms with Crippen molar-refractivity contribution in [3.05, 3.63) is 0 Å². The molecule has 0 N–H and O–H groups in total. The van der Waals surface area contributed by atoms with Crippen LogP contribution in [0.5, 0.6) is 0 Å². The predicted molar refractivity (Wildman–Crippen MR) is 131 cm³/mol. The summed E-state index contributed by atoms with van der Waals surface area (Å²) in [5.74, 6) is 5.08. The SMILES string of the molecule is CC1CCC(N(C2CCC(C)CC2)C2CCC(CCC3CCCC(C)C3)CC2)CC1. The molecule has 1 heteroatoms. The maximum Gasteiger partial charge on any atom is 0.0101 e. The Morgan fingerprint density at radius 1 is 0.467 bits per heavy atom. The standard InChI is InChI=1S/C29H53N/c1-22-7-15-27(16-8-22)30(28-17-9-23(2)10-18-28)29-19-13-25(14-20-29)11-12-26-6-4-5-24(3)21-26/h22-29H,4-21H2,1-3H3. The third kappa shape index (κ3) is 6.26. The summed E-state index contributed by atoms with van der Waals surface area (Å²) in [6.07, 6.45) is 27.2. The molecule has 1 nitrogen and oxygen atoms in total. The van der Waals surface area contributed by atoms with Gasteiger partial charge in [-0.05, 0) is 113 Å². The lowest BCUT2D eigenvalue weighted by molar-refractivity contribution is 0.00485. The van der Waals surface area contributed by atoms with Crippen molar-refractivity contribution in [2.45, 2.75) is 154 Å². The van der Waals surface area contributed by atoms with Crippen molar-refractivity contribution < 1.29 is 0 Å². The third-order valence-electron chi connectivity index (χ3n) is 10.1. The van der Waals surface area contributed by atoms with Gasteiger partial charge in [0, 0.05) is 18.1 Å². The summed E-state index contributed by atoms with van der Waals surface area (Å²) in [4.78, 5) is 3.16. The van der Waals surface area contributed by atoms with Gasteiger partial charge in [-0.15, -0.1) is 0 Å². The fourth-order valence-corrected chi connectivity index (χ4v) is 8.00. The monoisotopic (exact) mass is 415 g/mol. The Morgan fingerprint density at radius 3 is 1.43 bits per heavy atom. The molecular formula is C29H53N. The first kappa shape index (κ1) is 23.1. The first-order valence-electron chi connectivity index (χ1n) is 14.4. The van der Waals surface area contributed by atoms with Gasteiger partial charge >= 0.3 is 0 Å². The second-order valence-corrected chi connectivity index (χ2v) is 12.7. The van der Waals surface area contributed by atoms with Crippen LogP contribution >= 0.6 is 0 Å². The summed E-state index contributed by atoms with van der Waals surface area (Å²) >= 11 is 0. The van der Waals surface area contributed by atoms with Crippen LogP contribution in [0.25, 0.3) is 0 Å². The van der Waals surface area contributed by atoms with Crippen molar-refractivity contribution in [1.82, 2.24) is 4.90 Å². The maximum atomic E-state index is 3.16. The van der Waals surface area contributed by atoms with E-state index in [-0.39, 0.29) is 0 Å². The Morgan fingerprint density at radius 2 is 0.933 bits per heavy atom. The Bertz CT molecular complexity index is 455. The number of hydrogen-bond acceptors (Lipinski definition) is 1. The van der Waals surface area contributed by atoms with Gasteiger partial charge in [-0.3, -0.25) is 4.90 Å². The first-order valence-corrected chi connectivity index (χ1v) is 14.4. The lowest BCUT2D eigenvalue weighted by atomic mass is 9.75. The minimum Gasteiger partial charge on any atom is -0.294 e. The summed E-state index contributed by atoms with van der Waals surface area (Å²) < 4.78 is 0. The van der Waals surface area contributed by atoms with E-state index >= 15 is 0 Å². The normalized spacial score (nSPS) is 43.6. The van der Waals surface area contributed by atoms with Crippen molar-refractivity contribution in [2.75, 3.05) is 0 Å². The zero-order valence-corrected chi connectivity index (χ0v) is 20.8. The van der Waals surface area contributed by atoms with Crippen LogP contribution in [0.2, 0.25) is 0 Å². The third-order valence-corrected chi connectivity index (χ3v) is 10.1. The Labute approximate surface area is 189 Å². The zero-order chi connectivity index (χ0) is 20.9. The second-order valence-electron chi connectivity index (χ2n) is 12.7. The van der Waals surface area contributed by atoms with Crippen LogP contribution in [0.4, 0.5) is 0 Å². The van der Waals surface area contributed by atoms with E-state index in [1.54, 1.807) is 12.8 Å². The number of nitrogens with zero attached hydrogens (tertiary/aromatic N) is 1. The molecule has 0 saturated heterocycles. The largest absolute Gasteiger partial charge is 0.294 e. The van der Waals surface area contributed by atoms with Crippen molar-refractivity contribution in [3.8, 4) is 0 Å². The molecule has 0 aliphatic heterocycles. The predicted octanol–water partition coefficient (Wildman–Crippen LogP) is 8.61. The highest BCUT2D eigenvalue weighted by molar-refractivity contribution is 4.92. The van der Waals surface area contributed by atoms with Crippen molar-refractivity contribution in [1.29, 1.82) is 0 Å². The van der Waals surface area contributed by atoms with Gasteiger partial charge in [-0.25, -0.2) is 0 Å². The van der Waals surface area contributed by atoms with Gasteiger partial charge in [0.05, 0.1) is 0 Å². The van der Waals surface area contributed by atoms with E-state index in [1.807, 2.05) is 0 Å². The molecule has 4 fully saturated rings. The zero-order valence-electron chi connectivity index (χ0n) is 20.8. The van der Waals surface area contributed by atoms with Crippen LogP contribution in [0.15, 0.2) is 0 Å². The van der Waals surface area contributed by atoms with Gasteiger partial charge in [-0.1, -0.05) is 52.9 Å². The molecule has 4 saturated carbocycles. The molecule has 0 aromatic rings. The van der Waals surface area contributed by atoms with Gasteiger partial charge in [-0.2, -0.15) is 0 Å². The van der Waals surface area contributed by atoms with Crippen LogP contribution in [-0.2, 0) is 0 Å². The molecule has 0 heterocycles. The highest BCUT2D eigenvalue weighted by Crippen LogP contribution is 2.41. The van der Waals surface area contributed by atoms with Gasteiger partial charge in [0.25, 0.3) is 0 Å². The molecule has 4 rings (SSSR count). The highest BCUT2D eigenvalue weighted by Gasteiger charge is 2.37. The van der Waals surface area contributed by atoms with E-state index in [9.17, 15) is 0 Å². The molecule has 4 aliphatic carbocycles. The molecule has 0 spiro atoms. The highest BCUT2D eigenvalue weighted by atomic mass is 15.2. The topological polar surface area (TPSA) is 3.24 Å². The van der Waals surface area contributed by atoms with Gasteiger partial charge in [0.15, 0.2) is 0 Å². The molecule has 0 aromatic heterocycles. The van der Waals surface area contributed by atoms with Crippen molar-refractivity contribution in [2.24, 2.45) is 29.6 Å². The van der Waals surface area contributed by atoms with Crippen molar-refractivity contribution >= 4 is 0 Å². The molecule has 30 heavy (non-hydrogen) atoms. The van der Waals surface area contributed by atoms with E-state index in [0.717, 1.165) is 47.7 Å². The minimum atomic E-state index is 0.921. The minimum absolute atomic E-state index is 0.921. The molecule has 174 valence electrons. The summed E-state index contributed by atoms with van der Waals surface area (Å²) in [5.41, 5.74) is 0. The van der Waals surface area contributed by atoms with Crippen LogP contribution < -0.4 is 0 Å². The molecule has 0 aromatic carbocycles. The molecule has 0 bridgehead atoms. The number of rotatable bonds is 6. The van der Waals surface area contributed by atoms with E-state index in [0.29, 0.717) is 0 Å². The molecule has 0 amide bonds. The second kappa shape index (κ2) is 11.2. The Balaban J connectivity index is 1.29. The lowest BCUT2D eigenvalue weighted by Gasteiger charge is -2.49. The average Bonchev–Trinajstić information content (AvgIpc) is 2.76. The van der Waals surface area contributed by atoms with E-state index < -0.39 is 0 Å². The molecular weight excluding hydrogens is 362 g/mol. The van der Waals surface area contributed by atoms with E-state index in [4.69, 9.17) is 0 Å². The quantitative estimate of drug-likeness (QED) is 0.419. The average molecular weight is 416 g/mol. The van der Waals surface area contributed by atoms with Crippen LogP contribution in [0.1, 0.15) is 136 Å². The first-order chi connectivity index (χ1) is 14.6. The van der Waals surface area contributed by atoms with Crippen LogP contribution in [0.3, 0.4) is 0 Å². The number of hydrogen-bond donors (Lipinski definition) is 0. The summed E-state index contributed by atoms with van der Waals surface area (Å²) in [7, 11) is 0. The summed E-state index contributed by atoms with van der Waals surface area (Å²) in [6, 6.07) is 2.77. The van der Waals surface area contributed by atoms with Gasteiger partial charge < -0.3 is 0 Å². The van der Waals surface area contributed by atoms with Gasteiger partial charge in [0.2, 0.25) is 0 Å². The smallest absolute Gasteiger partial charge is 0.0101 e. The summed E-state index contributed by atoms with van der Waals surface area (Å²) in [5, 5.41) is 0. The maximum absolute atomic E-state index is 3.16. The fraction of sp³-hybridized carbons (Fsp3) is 1.00. The fourth-order valence-electron chi connectivity index (χ4n) is 8.00. The Kier molecular flexibility index (Phi) is 8.64. The molecule has 4 aliphatic rings. The molecule has 0 radical (unpaired) electrons. The summed E-state index contributed by atoms with van der Waals surface area (Å²) in [6.45, 7) is 7.46. The van der Waals surface area contributed by atoms with Gasteiger partial charge in [0.1, 0.15) is 0 Å².